The predicted molar refractivity (Wildman–Crippen MR) is 119 cm³/mol. The molecule has 2 heterocycles. The minimum absolute atomic E-state index is 0.189. The molecule has 9 heteroatoms. The molecular weight excluding hydrogens is 470 g/mol. The van der Waals surface area contributed by atoms with E-state index < -0.39 is 5.63 Å². The standard InChI is InChI=1S/C21H16BrN3O4S/c1-12-9-19(27)29-17-10-15(7-8-16(12)17)28-11-18(26)25(2)21-24-23-20(30-21)13-3-5-14(22)6-4-13/h3-10H,11H2,1-2H3. The average molecular weight is 486 g/mol. The number of carbonyl (C=O) groups excluding carboxylic acids is 1. The van der Waals surface area contributed by atoms with Gasteiger partial charge in [-0.1, -0.05) is 39.4 Å². The Balaban J connectivity index is 1.44. The van der Waals surface area contributed by atoms with Gasteiger partial charge < -0.3 is 9.15 Å². The Bertz CT molecular complexity index is 1280. The van der Waals surface area contributed by atoms with Crippen LogP contribution in [0.2, 0.25) is 0 Å². The fourth-order valence-electron chi connectivity index (χ4n) is 2.80. The van der Waals surface area contributed by atoms with E-state index in [-0.39, 0.29) is 12.5 Å². The molecule has 0 radical (unpaired) electrons. The van der Waals surface area contributed by atoms with Gasteiger partial charge >= 0.3 is 5.63 Å². The van der Waals surface area contributed by atoms with E-state index in [0.29, 0.717) is 16.5 Å². The monoisotopic (exact) mass is 485 g/mol. The maximum atomic E-state index is 12.5. The molecule has 30 heavy (non-hydrogen) atoms. The van der Waals surface area contributed by atoms with E-state index in [9.17, 15) is 9.59 Å². The number of hydrogen-bond acceptors (Lipinski definition) is 7. The number of hydrogen-bond donors (Lipinski definition) is 0. The third-order valence-electron chi connectivity index (χ3n) is 4.45. The molecule has 0 saturated heterocycles. The molecule has 0 N–H and O–H groups in total. The maximum absolute atomic E-state index is 12.5. The van der Waals surface area contributed by atoms with Crippen molar-refractivity contribution in [1.29, 1.82) is 0 Å². The summed E-state index contributed by atoms with van der Waals surface area (Å²) in [5.74, 6) is 0.158. The van der Waals surface area contributed by atoms with Gasteiger partial charge in [0.25, 0.3) is 5.91 Å². The minimum atomic E-state index is -0.425. The second kappa shape index (κ2) is 8.37. The van der Waals surface area contributed by atoms with Crippen LogP contribution >= 0.6 is 27.3 Å². The Morgan fingerprint density at radius 2 is 1.93 bits per heavy atom. The van der Waals surface area contributed by atoms with E-state index in [0.717, 1.165) is 26.0 Å². The van der Waals surface area contributed by atoms with Gasteiger partial charge in [-0.15, -0.1) is 10.2 Å². The van der Waals surface area contributed by atoms with Gasteiger partial charge in [-0.2, -0.15) is 0 Å². The summed E-state index contributed by atoms with van der Waals surface area (Å²) >= 11 is 4.72. The van der Waals surface area contributed by atoms with Gasteiger partial charge in [0.2, 0.25) is 5.13 Å². The molecule has 0 unspecified atom stereocenters. The van der Waals surface area contributed by atoms with Crippen LogP contribution in [0.4, 0.5) is 5.13 Å². The molecule has 0 aliphatic heterocycles. The second-order valence-corrected chi connectivity index (χ2v) is 8.42. The van der Waals surface area contributed by atoms with Crippen LogP contribution in [0, 0.1) is 6.92 Å². The van der Waals surface area contributed by atoms with Crippen molar-refractivity contribution in [3.8, 4) is 16.3 Å². The first kappa shape index (κ1) is 20.2. The second-order valence-electron chi connectivity index (χ2n) is 6.54. The fourth-order valence-corrected chi connectivity index (χ4v) is 3.90. The van der Waals surface area contributed by atoms with Crippen LogP contribution in [0.5, 0.6) is 5.75 Å². The topological polar surface area (TPSA) is 85.5 Å². The van der Waals surface area contributed by atoms with Crippen molar-refractivity contribution in [3.63, 3.8) is 0 Å². The largest absolute Gasteiger partial charge is 0.484 e. The first-order chi connectivity index (χ1) is 14.4. The molecule has 1 amide bonds. The zero-order valence-electron chi connectivity index (χ0n) is 16.1. The zero-order chi connectivity index (χ0) is 21.3. The van der Waals surface area contributed by atoms with Crippen LogP contribution in [-0.4, -0.2) is 29.8 Å². The number of halogens is 1. The van der Waals surface area contributed by atoms with Crippen LogP contribution < -0.4 is 15.3 Å². The highest BCUT2D eigenvalue weighted by molar-refractivity contribution is 9.10. The highest BCUT2D eigenvalue weighted by Crippen LogP contribution is 2.29. The quantitative estimate of drug-likeness (QED) is 0.388. The lowest BCUT2D eigenvalue weighted by molar-refractivity contribution is -0.120. The number of ether oxygens (including phenoxy) is 1. The van der Waals surface area contributed by atoms with Gasteiger partial charge in [0, 0.05) is 34.6 Å². The minimum Gasteiger partial charge on any atom is -0.484 e. The van der Waals surface area contributed by atoms with Gasteiger partial charge in [0.15, 0.2) is 6.61 Å². The fraction of sp³-hybridized carbons (Fsp3) is 0.143. The van der Waals surface area contributed by atoms with Crippen molar-refractivity contribution in [1.82, 2.24) is 10.2 Å². The summed E-state index contributed by atoms with van der Waals surface area (Å²) in [4.78, 5) is 25.5. The lowest BCUT2D eigenvalue weighted by atomic mass is 10.1. The summed E-state index contributed by atoms with van der Waals surface area (Å²) in [6.07, 6.45) is 0. The number of nitrogens with zero attached hydrogens (tertiary/aromatic N) is 3. The number of aromatic nitrogens is 2. The zero-order valence-corrected chi connectivity index (χ0v) is 18.5. The SMILES string of the molecule is Cc1cc(=O)oc2cc(OCC(=O)N(C)c3nnc(-c4ccc(Br)cc4)s3)ccc12. The van der Waals surface area contributed by atoms with Crippen LogP contribution in [0.3, 0.4) is 0 Å². The van der Waals surface area contributed by atoms with Crippen LogP contribution in [0.15, 0.2) is 62.2 Å². The molecule has 0 saturated carbocycles. The van der Waals surface area contributed by atoms with E-state index in [1.54, 1.807) is 25.2 Å². The van der Waals surface area contributed by atoms with Crippen LogP contribution in [0.25, 0.3) is 21.5 Å². The number of rotatable bonds is 5. The van der Waals surface area contributed by atoms with E-state index in [1.165, 1.54) is 22.3 Å². The molecular formula is C21H16BrN3O4S. The van der Waals surface area contributed by atoms with Crippen LogP contribution in [0.1, 0.15) is 5.56 Å². The van der Waals surface area contributed by atoms with Gasteiger partial charge in [-0.25, -0.2) is 4.79 Å². The van der Waals surface area contributed by atoms with E-state index in [2.05, 4.69) is 26.1 Å². The van der Waals surface area contributed by atoms with E-state index in [1.807, 2.05) is 31.2 Å². The van der Waals surface area contributed by atoms with E-state index >= 15 is 0 Å². The molecule has 4 rings (SSSR count). The summed E-state index contributed by atoms with van der Waals surface area (Å²) in [6, 6.07) is 14.3. The highest BCUT2D eigenvalue weighted by atomic mass is 79.9. The molecule has 4 aromatic rings. The molecule has 0 atom stereocenters. The van der Waals surface area contributed by atoms with Gasteiger partial charge in [-0.3, -0.25) is 9.69 Å². The Morgan fingerprint density at radius 3 is 2.70 bits per heavy atom. The van der Waals surface area contributed by atoms with Crippen molar-refractivity contribution < 1.29 is 13.9 Å². The molecule has 0 fully saturated rings. The van der Waals surface area contributed by atoms with Crippen molar-refractivity contribution in [2.45, 2.75) is 6.92 Å². The summed E-state index contributed by atoms with van der Waals surface area (Å²) in [5.41, 5.74) is 1.74. The summed E-state index contributed by atoms with van der Waals surface area (Å²) in [7, 11) is 1.63. The number of amides is 1. The third-order valence-corrected chi connectivity index (χ3v) is 6.03. The molecule has 2 aromatic heterocycles. The Morgan fingerprint density at radius 1 is 1.17 bits per heavy atom. The Labute approximate surface area is 184 Å². The van der Waals surface area contributed by atoms with Crippen molar-refractivity contribution in [3.05, 3.63) is 69.0 Å². The van der Waals surface area contributed by atoms with E-state index in [4.69, 9.17) is 9.15 Å². The Kier molecular flexibility index (Phi) is 5.65. The molecule has 152 valence electrons. The number of carbonyl (C=O) groups is 1. The number of fused-ring (bicyclic) bond motifs is 1. The summed E-state index contributed by atoms with van der Waals surface area (Å²) in [5, 5.41) is 10.3. The van der Waals surface area contributed by atoms with Gasteiger partial charge in [-0.05, 0) is 36.8 Å². The number of anilines is 1. The first-order valence-electron chi connectivity index (χ1n) is 8.94. The molecule has 0 aliphatic rings. The number of benzene rings is 2. The van der Waals surface area contributed by atoms with Gasteiger partial charge in [0.1, 0.15) is 16.3 Å². The lowest BCUT2D eigenvalue weighted by Crippen LogP contribution is -2.31. The maximum Gasteiger partial charge on any atom is 0.336 e. The Hall–Kier alpha value is -3.04. The number of aryl methyl sites for hydroxylation is 1. The summed E-state index contributed by atoms with van der Waals surface area (Å²) in [6.45, 7) is 1.65. The molecule has 7 nitrogen and oxygen atoms in total. The summed E-state index contributed by atoms with van der Waals surface area (Å²) < 4.78 is 11.8. The third kappa shape index (κ3) is 4.27. The molecule has 2 aromatic carbocycles. The normalized spacial score (nSPS) is 10.9. The van der Waals surface area contributed by atoms with Gasteiger partial charge in [0.05, 0.1) is 0 Å². The number of likely N-dealkylation sites (N-methyl/N-ethyl adjacent to an activating group) is 1. The first-order valence-corrected chi connectivity index (χ1v) is 10.5. The molecule has 0 aliphatic carbocycles. The van der Waals surface area contributed by atoms with Crippen molar-refractivity contribution in [2.75, 3.05) is 18.6 Å². The lowest BCUT2D eigenvalue weighted by Gasteiger charge is -2.14. The average Bonchev–Trinajstić information content (AvgIpc) is 3.21. The van der Waals surface area contributed by atoms with Crippen molar-refractivity contribution >= 4 is 49.3 Å². The molecule has 0 bridgehead atoms. The van der Waals surface area contributed by atoms with Crippen molar-refractivity contribution in [2.24, 2.45) is 0 Å². The van der Waals surface area contributed by atoms with Crippen LogP contribution in [-0.2, 0) is 4.79 Å². The smallest absolute Gasteiger partial charge is 0.336 e. The molecule has 0 spiro atoms. The highest BCUT2D eigenvalue weighted by Gasteiger charge is 2.17. The predicted octanol–water partition coefficient (Wildman–Crippen LogP) is 4.42.